The first-order valence-corrected chi connectivity index (χ1v) is 9.84. The minimum atomic E-state index is 0.565. The Hall–Kier alpha value is -2.13. The first-order valence-electron chi connectivity index (χ1n) is 9.84. The normalized spacial score (nSPS) is 20.2. The Morgan fingerprint density at radius 1 is 1.12 bits per heavy atom. The summed E-state index contributed by atoms with van der Waals surface area (Å²) < 4.78 is 2.66. The van der Waals surface area contributed by atoms with E-state index in [-0.39, 0.29) is 0 Å². The predicted octanol–water partition coefficient (Wildman–Crippen LogP) is 4.37. The molecule has 2 aromatic heterocycles. The van der Waals surface area contributed by atoms with E-state index < -0.39 is 0 Å². The van der Waals surface area contributed by atoms with Gasteiger partial charge in [-0.1, -0.05) is 17.7 Å². The lowest BCUT2D eigenvalue weighted by Gasteiger charge is -2.24. The second-order valence-corrected chi connectivity index (χ2v) is 8.31. The molecule has 0 saturated heterocycles. The molecule has 3 nitrogen and oxygen atoms in total. The van der Waals surface area contributed by atoms with Crippen molar-refractivity contribution in [2.45, 2.75) is 52.1 Å². The Morgan fingerprint density at radius 2 is 2.00 bits per heavy atom. The highest BCUT2D eigenvalue weighted by Crippen LogP contribution is 2.39. The van der Waals surface area contributed by atoms with Crippen LogP contribution >= 0.6 is 0 Å². The molecule has 134 valence electrons. The summed E-state index contributed by atoms with van der Waals surface area (Å²) in [4.78, 5) is 7.01. The molecule has 0 spiro atoms. The van der Waals surface area contributed by atoms with E-state index in [0.717, 1.165) is 25.2 Å². The molecule has 0 N–H and O–H groups in total. The zero-order chi connectivity index (χ0) is 17.8. The highest BCUT2D eigenvalue weighted by Gasteiger charge is 2.27. The maximum atomic E-state index is 4.55. The standard InChI is InChI=1S/C23H27N3/c1-15-10-19-12-17(18-5-4-16(2)24-13-18)6-9-26-22-7-8-25(3)14-21(22)20(11-15)23(19)26/h4-5,10-11,13,17H,6-9,12,14H2,1-3H3. The van der Waals surface area contributed by atoms with Crippen LogP contribution in [0.5, 0.6) is 0 Å². The van der Waals surface area contributed by atoms with Crippen molar-refractivity contribution >= 4 is 10.9 Å². The molecule has 1 atom stereocenters. The van der Waals surface area contributed by atoms with Crippen molar-refractivity contribution in [2.24, 2.45) is 0 Å². The van der Waals surface area contributed by atoms with Crippen molar-refractivity contribution in [3.8, 4) is 0 Å². The third-order valence-electron chi connectivity index (χ3n) is 6.33. The molecule has 2 aliphatic heterocycles. The van der Waals surface area contributed by atoms with Gasteiger partial charge in [-0.05, 0) is 68.5 Å². The van der Waals surface area contributed by atoms with Crippen LogP contribution in [0.4, 0.5) is 0 Å². The first kappa shape index (κ1) is 16.1. The van der Waals surface area contributed by atoms with Gasteiger partial charge in [0.25, 0.3) is 0 Å². The summed E-state index contributed by atoms with van der Waals surface area (Å²) in [5.41, 5.74) is 10.1. The molecule has 3 heteroatoms. The highest BCUT2D eigenvalue weighted by atomic mass is 15.1. The largest absolute Gasteiger partial charge is 0.344 e. The third kappa shape index (κ3) is 2.49. The summed E-state index contributed by atoms with van der Waals surface area (Å²) in [7, 11) is 2.25. The van der Waals surface area contributed by atoms with Gasteiger partial charge in [-0.3, -0.25) is 4.98 Å². The fraction of sp³-hybridized carbons (Fsp3) is 0.435. The molecule has 1 aromatic carbocycles. The molecular formula is C23H27N3. The molecule has 2 aliphatic rings. The number of benzene rings is 1. The zero-order valence-corrected chi connectivity index (χ0v) is 16.0. The minimum absolute atomic E-state index is 0.565. The fourth-order valence-electron chi connectivity index (χ4n) is 5.02. The molecule has 0 radical (unpaired) electrons. The van der Waals surface area contributed by atoms with Crippen LogP contribution in [0.2, 0.25) is 0 Å². The van der Waals surface area contributed by atoms with Gasteiger partial charge in [-0.2, -0.15) is 0 Å². The number of likely N-dealkylation sites (N-methyl/N-ethyl adjacent to an activating group) is 1. The van der Waals surface area contributed by atoms with E-state index in [0.29, 0.717) is 5.92 Å². The zero-order valence-electron chi connectivity index (χ0n) is 16.0. The monoisotopic (exact) mass is 345 g/mol. The number of hydrogen-bond donors (Lipinski definition) is 0. The van der Waals surface area contributed by atoms with Crippen LogP contribution < -0.4 is 0 Å². The van der Waals surface area contributed by atoms with Gasteiger partial charge >= 0.3 is 0 Å². The van der Waals surface area contributed by atoms with Crippen LogP contribution in [-0.2, 0) is 25.9 Å². The summed E-state index contributed by atoms with van der Waals surface area (Å²) in [5.74, 6) is 0.565. The second-order valence-electron chi connectivity index (χ2n) is 8.31. The topological polar surface area (TPSA) is 21.1 Å². The molecule has 0 amide bonds. The van der Waals surface area contributed by atoms with Gasteiger partial charge in [-0.15, -0.1) is 0 Å². The molecule has 3 aromatic rings. The molecule has 0 saturated carbocycles. The van der Waals surface area contributed by atoms with Gasteiger partial charge in [0, 0.05) is 49.0 Å². The van der Waals surface area contributed by atoms with Crippen molar-refractivity contribution in [3.63, 3.8) is 0 Å². The molecule has 5 rings (SSSR count). The van der Waals surface area contributed by atoms with Crippen LogP contribution in [0.3, 0.4) is 0 Å². The van der Waals surface area contributed by atoms with Gasteiger partial charge in [0.1, 0.15) is 0 Å². The molecular weight excluding hydrogens is 318 g/mol. The predicted molar refractivity (Wildman–Crippen MR) is 107 cm³/mol. The van der Waals surface area contributed by atoms with E-state index >= 15 is 0 Å². The van der Waals surface area contributed by atoms with Crippen LogP contribution in [0.15, 0.2) is 30.5 Å². The van der Waals surface area contributed by atoms with Crippen LogP contribution in [0, 0.1) is 13.8 Å². The van der Waals surface area contributed by atoms with E-state index in [1.165, 1.54) is 47.0 Å². The fourth-order valence-corrected chi connectivity index (χ4v) is 5.02. The molecule has 4 heterocycles. The van der Waals surface area contributed by atoms with Crippen molar-refractivity contribution in [3.05, 3.63) is 64.1 Å². The Labute approximate surface area is 155 Å². The van der Waals surface area contributed by atoms with Gasteiger partial charge in [-0.25, -0.2) is 0 Å². The molecule has 26 heavy (non-hydrogen) atoms. The summed E-state index contributed by atoms with van der Waals surface area (Å²) in [5, 5.41) is 1.50. The number of aromatic nitrogens is 2. The Bertz CT molecular complexity index is 981. The number of pyridine rings is 1. The van der Waals surface area contributed by atoms with Crippen LogP contribution in [0.25, 0.3) is 10.9 Å². The summed E-state index contributed by atoms with van der Waals surface area (Å²) >= 11 is 0. The number of aryl methyl sites for hydroxylation is 3. The Morgan fingerprint density at radius 3 is 2.81 bits per heavy atom. The minimum Gasteiger partial charge on any atom is -0.344 e. The second kappa shape index (κ2) is 5.95. The van der Waals surface area contributed by atoms with Gasteiger partial charge < -0.3 is 9.47 Å². The maximum absolute atomic E-state index is 4.55. The van der Waals surface area contributed by atoms with E-state index in [1.807, 2.05) is 0 Å². The first-order chi connectivity index (χ1) is 12.6. The van der Waals surface area contributed by atoms with E-state index in [9.17, 15) is 0 Å². The van der Waals surface area contributed by atoms with E-state index in [1.54, 1.807) is 11.3 Å². The van der Waals surface area contributed by atoms with Crippen molar-refractivity contribution in [1.29, 1.82) is 0 Å². The van der Waals surface area contributed by atoms with Gasteiger partial charge in [0.15, 0.2) is 0 Å². The molecule has 1 unspecified atom stereocenters. The summed E-state index contributed by atoms with van der Waals surface area (Å²) in [6.07, 6.45) is 5.60. The lowest BCUT2D eigenvalue weighted by atomic mass is 9.89. The SMILES string of the molecule is Cc1cc2c3c(c1)c1c(n3CCC(c3ccc(C)nc3)C2)CCN(C)C1. The number of nitrogens with zero attached hydrogens (tertiary/aromatic N) is 3. The highest BCUT2D eigenvalue weighted by molar-refractivity contribution is 5.89. The van der Waals surface area contributed by atoms with E-state index in [2.05, 4.69) is 65.8 Å². The summed E-state index contributed by atoms with van der Waals surface area (Å²) in [6.45, 7) is 7.70. The molecule has 0 aliphatic carbocycles. The average Bonchev–Trinajstić information content (AvgIpc) is 2.79. The van der Waals surface area contributed by atoms with Crippen molar-refractivity contribution in [2.75, 3.05) is 13.6 Å². The smallest absolute Gasteiger partial charge is 0.0518 e. The third-order valence-corrected chi connectivity index (χ3v) is 6.33. The molecule has 0 bridgehead atoms. The number of fused-ring (bicyclic) bond motifs is 3. The lowest BCUT2D eigenvalue weighted by Crippen LogP contribution is -2.27. The van der Waals surface area contributed by atoms with Gasteiger partial charge in [0.05, 0.1) is 5.52 Å². The maximum Gasteiger partial charge on any atom is 0.0518 e. The van der Waals surface area contributed by atoms with Crippen LogP contribution in [-0.4, -0.2) is 28.0 Å². The van der Waals surface area contributed by atoms with Gasteiger partial charge in [0.2, 0.25) is 0 Å². The summed E-state index contributed by atoms with van der Waals surface area (Å²) in [6, 6.07) is 9.28. The Kier molecular flexibility index (Phi) is 3.68. The van der Waals surface area contributed by atoms with E-state index in [4.69, 9.17) is 0 Å². The Balaban J connectivity index is 1.65. The number of rotatable bonds is 1. The average molecular weight is 345 g/mol. The quantitative estimate of drug-likeness (QED) is 0.653. The number of hydrogen-bond acceptors (Lipinski definition) is 2. The molecule has 0 fully saturated rings. The van der Waals surface area contributed by atoms with Crippen molar-refractivity contribution < 1.29 is 0 Å². The lowest BCUT2D eigenvalue weighted by molar-refractivity contribution is 0.309. The van der Waals surface area contributed by atoms with Crippen molar-refractivity contribution in [1.82, 2.24) is 14.5 Å². The van der Waals surface area contributed by atoms with Crippen LogP contribution in [0.1, 0.15) is 46.0 Å².